The van der Waals surface area contributed by atoms with Gasteiger partial charge in [-0.2, -0.15) is 0 Å². The summed E-state index contributed by atoms with van der Waals surface area (Å²) in [6, 6.07) is 3.55. The lowest BCUT2D eigenvalue weighted by atomic mass is 9.79. The van der Waals surface area contributed by atoms with E-state index in [1.165, 1.54) is 19.3 Å². The van der Waals surface area contributed by atoms with E-state index in [-0.39, 0.29) is 0 Å². The van der Waals surface area contributed by atoms with Crippen molar-refractivity contribution in [1.82, 2.24) is 10.2 Å². The van der Waals surface area contributed by atoms with Gasteiger partial charge in [-0.25, -0.2) is 0 Å². The lowest BCUT2D eigenvalue weighted by molar-refractivity contribution is 0.141. The van der Waals surface area contributed by atoms with Crippen LogP contribution in [0.2, 0.25) is 5.15 Å². The molecule has 1 aromatic heterocycles. The normalized spacial score (nSPS) is 24.6. The third-order valence-corrected chi connectivity index (χ3v) is 3.68. The van der Waals surface area contributed by atoms with Gasteiger partial charge in [-0.05, 0) is 36.8 Å². The first kappa shape index (κ1) is 12.6. The lowest BCUT2D eigenvalue weighted by Gasteiger charge is -2.30. The van der Waals surface area contributed by atoms with Gasteiger partial charge in [0.05, 0.1) is 0 Å². The molecular formula is C12H18ClN3O. The third kappa shape index (κ3) is 3.54. The van der Waals surface area contributed by atoms with Crippen LogP contribution in [0.3, 0.4) is 0 Å². The van der Waals surface area contributed by atoms with Crippen LogP contribution in [0.5, 0.6) is 0 Å². The Morgan fingerprint density at radius 2 is 2.00 bits per heavy atom. The minimum atomic E-state index is 0.290. The summed E-state index contributed by atoms with van der Waals surface area (Å²) in [7, 11) is 0. The van der Waals surface area contributed by atoms with E-state index in [4.69, 9.17) is 11.6 Å². The Hall–Kier alpha value is -0.870. The summed E-state index contributed by atoms with van der Waals surface area (Å²) in [6.07, 6.45) is 4.81. The topological polar surface area (TPSA) is 58.0 Å². The summed E-state index contributed by atoms with van der Waals surface area (Å²) in [5, 5.41) is 20.7. The molecule has 0 aromatic carbocycles. The minimum Gasteiger partial charge on any atom is -0.396 e. The van der Waals surface area contributed by atoms with E-state index in [0.29, 0.717) is 23.6 Å². The van der Waals surface area contributed by atoms with Crippen molar-refractivity contribution in [1.29, 1.82) is 0 Å². The number of halogens is 1. The summed E-state index contributed by atoms with van der Waals surface area (Å²) in [6.45, 7) is 1.14. The van der Waals surface area contributed by atoms with E-state index >= 15 is 0 Å². The van der Waals surface area contributed by atoms with Crippen molar-refractivity contribution in [2.45, 2.75) is 25.7 Å². The molecule has 0 saturated heterocycles. The zero-order valence-electron chi connectivity index (χ0n) is 9.77. The first-order valence-electron chi connectivity index (χ1n) is 6.13. The van der Waals surface area contributed by atoms with E-state index in [0.717, 1.165) is 18.8 Å². The van der Waals surface area contributed by atoms with Gasteiger partial charge in [-0.3, -0.25) is 0 Å². The number of rotatable bonds is 4. The summed E-state index contributed by atoms with van der Waals surface area (Å²) in [4.78, 5) is 0. The van der Waals surface area contributed by atoms with Gasteiger partial charge in [0.25, 0.3) is 0 Å². The largest absolute Gasteiger partial charge is 0.396 e. The van der Waals surface area contributed by atoms with Gasteiger partial charge in [-0.1, -0.05) is 24.4 Å². The third-order valence-electron chi connectivity index (χ3n) is 3.48. The van der Waals surface area contributed by atoms with Crippen LogP contribution in [0.15, 0.2) is 12.1 Å². The predicted molar refractivity (Wildman–Crippen MR) is 68.1 cm³/mol. The first-order chi connectivity index (χ1) is 8.29. The molecule has 94 valence electrons. The number of aromatic nitrogens is 2. The van der Waals surface area contributed by atoms with Crippen LogP contribution in [0.25, 0.3) is 0 Å². The number of hydrogen-bond donors (Lipinski definition) is 2. The van der Waals surface area contributed by atoms with Gasteiger partial charge in [0, 0.05) is 13.2 Å². The van der Waals surface area contributed by atoms with Crippen LogP contribution in [0.4, 0.5) is 5.82 Å². The van der Waals surface area contributed by atoms with Crippen molar-refractivity contribution in [2.24, 2.45) is 11.8 Å². The number of aliphatic hydroxyl groups excluding tert-OH is 1. The first-order valence-corrected chi connectivity index (χ1v) is 6.51. The zero-order valence-corrected chi connectivity index (χ0v) is 10.5. The predicted octanol–water partition coefficient (Wildman–Crippen LogP) is 2.34. The number of nitrogens with zero attached hydrogens (tertiary/aromatic N) is 2. The van der Waals surface area contributed by atoms with E-state index in [9.17, 15) is 5.11 Å². The van der Waals surface area contributed by atoms with Crippen LogP contribution in [-0.2, 0) is 0 Å². The average Bonchev–Trinajstić information content (AvgIpc) is 2.38. The maximum Gasteiger partial charge on any atom is 0.151 e. The van der Waals surface area contributed by atoms with E-state index in [2.05, 4.69) is 15.5 Å². The Balaban J connectivity index is 1.86. The van der Waals surface area contributed by atoms with Gasteiger partial charge < -0.3 is 10.4 Å². The molecule has 1 saturated carbocycles. The van der Waals surface area contributed by atoms with E-state index in [1.807, 2.05) is 6.07 Å². The van der Waals surface area contributed by atoms with Crippen LogP contribution in [0.1, 0.15) is 25.7 Å². The van der Waals surface area contributed by atoms with Crippen molar-refractivity contribution >= 4 is 17.4 Å². The number of anilines is 1. The van der Waals surface area contributed by atoms with Crippen LogP contribution < -0.4 is 5.32 Å². The van der Waals surface area contributed by atoms with Crippen molar-refractivity contribution < 1.29 is 5.11 Å². The summed E-state index contributed by atoms with van der Waals surface area (Å²) < 4.78 is 0. The molecule has 2 N–H and O–H groups in total. The highest BCUT2D eigenvalue weighted by atomic mass is 35.5. The molecule has 1 aliphatic rings. The van der Waals surface area contributed by atoms with Gasteiger partial charge in [0.15, 0.2) is 5.15 Å². The number of nitrogens with one attached hydrogen (secondary N) is 1. The van der Waals surface area contributed by atoms with Crippen molar-refractivity contribution in [3.8, 4) is 0 Å². The second-order valence-corrected chi connectivity index (χ2v) is 5.00. The van der Waals surface area contributed by atoms with Crippen LogP contribution >= 0.6 is 11.6 Å². The Morgan fingerprint density at radius 3 is 2.65 bits per heavy atom. The maximum atomic E-state index is 9.32. The molecule has 2 unspecified atom stereocenters. The van der Waals surface area contributed by atoms with Crippen LogP contribution in [-0.4, -0.2) is 28.5 Å². The van der Waals surface area contributed by atoms with Crippen molar-refractivity contribution in [2.75, 3.05) is 18.5 Å². The van der Waals surface area contributed by atoms with Gasteiger partial charge >= 0.3 is 0 Å². The molecule has 1 aliphatic carbocycles. The number of hydrogen-bond acceptors (Lipinski definition) is 4. The Morgan fingerprint density at radius 1 is 1.24 bits per heavy atom. The molecule has 0 aliphatic heterocycles. The fraction of sp³-hybridized carbons (Fsp3) is 0.667. The molecule has 0 spiro atoms. The smallest absolute Gasteiger partial charge is 0.151 e. The molecule has 1 heterocycles. The minimum absolute atomic E-state index is 0.290. The highest BCUT2D eigenvalue weighted by molar-refractivity contribution is 6.29. The quantitative estimate of drug-likeness (QED) is 0.867. The van der Waals surface area contributed by atoms with Gasteiger partial charge in [0.2, 0.25) is 0 Å². The molecule has 0 bridgehead atoms. The Labute approximate surface area is 106 Å². The standard InChI is InChI=1S/C12H18ClN3O/c13-11-5-6-12(16-15-11)14-7-9-3-1-2-4-10(9)8-17/h5-6,9-10,17H,1-4,7-8H2,(H,14,16). The number of aliphatic hydroxyl groups is 1. The highest BCUT2D eigenvalue weighted by Crippen LogP contribution is 2.29. The van der Waals surface area contributed by atoms with Crippen LogP contribution in [0, 0.1) is 11.8 Å². The molecular weight excluding hydrogens is 238 g/mol. The highest BCUT2D eigenvalue weighted by Gasteiger charge is 2.24. The lowest BCUT2D eigenvalue weighted by Crippen LogP contribution is -2.28. The molecule has 17 heavy (non-hydrogen) atoms. The molecule has 0 amide bonds. The molecule has 2 atom stereocenters. The summed E-state index contributed by atoms with van der Waals surface area (Å²) in [5.74, 6) is 1.71. The van der Waals surface area contributed by atoms with Gasteiger partial charge in [0.1, 0.15) is 5.82 Å². The molecule has 5 heteroatoms. The van der Waals surface area contributed by atoms with E-state index in [1.54, 1.807) is 6.07 Å². The molecule has 4 nitrogen and oxygen atoms in total. The Bertz CT molecular complexity index is 344. The molecule has 1 fully saturated rings. The zero-order chi connectivity index (χ0) is 12.1. The molecule has 2 rings (SSSR count). The van der Waals surface area contributed by atoms with Crippen molar-refractivity contribution in [3.05, 3.63) is 17.3 Å². The SMILES string of the molecule is OCC1CCCCC1CNc1ccc(Cl)nn1. The summed E-state index contributed by atoms with van der Waals surface area (Å²) >= 11 is 5.67. The maximum absolute atomic E-state index is 9.32. The van der Waals surface area contributed by atoms with E-state index < -0.39 is 0 Å². The fourth-order valence-electron chi connectivity index (χ4n) is 2.44. The fourth-order valence-corrected chi connectivity index (χ4v) is 2.54. The summed E-state index contributed by atoms with van der Waals surface area (Å²) in [5.41, 5.74) is 0. The van der Waals surface area contributed by atoms with Crippen molar-refractivity contribution in [3.63, 3.8) is 0 Å². The Kier molecular flexibility index (Phi) is 4.57. The molecule has 0 radical (unpaired) electrons. The van der Waals surface area contributed by atoms with Gasteiger partial charge in [-0.15, -0.1) is 10.2 Å². The average molecular weight is 256 g/mol. The second kappa shape index (κ2) is 6.17. The molecule has 1 aromatic rings. The monoisotopic (exact) mass is 255 g/mol. The second-order valence-electron chi connectivity index (χ2n) is 4.61.